The van der Waals surface area contributed by atoms with Crippen LogP contribution in [0.2, 0.25) is 0 Å². The minimum Gasteiger partial charge on any atom is -0.352 e. The molecule has 1 amide bonds. The maximum atomic E-state index is 14.9. The van der Waals surface area contributed by atoms with Crippen molar-refractivity contribution in [2.24, 2.45) is 7.05 Å². The minimum atomic E-state index is -0.851. The lowest BCUT2D eigenvalue weighted by atomic mass is 9.95. The summed E-state index contributed by atoms with van der Waals surface area (Å²) in [4.78, 5) is 38.5. The van der Waals surface area contributed by atoms with Crippen LogP contribution >= 0.6 is 11.8 Å². The lowest BCUT2D eigenvalue weighted by Gasteiger charge is -2.45. The largest absolute Gasteiger partial charge is 0.352 e. The van der Waals surface area contributed by atoms with Crippen LogP contribution in [0.25, 0.3) is 32.9 Å². The molecule has 0 bridgehead atoms. The van der Waals surface area contributed by atoms with Crippen LogP contribution in [-0.4, -0.2) is 91.8 Å². The van der Waals surface area contributed by atoms with Gasteiger partial charge in [-0.25, -0.2) is 13.6 Å². The number of alkyl halides is 1. The number of halogens is 2. The van der Waals surface area contributed by atoms with E-state index in [4.69, 9.17) is 4.98 Å². The molecule has 2 fully saturated rings. The van der Waals surface area contributed by atoms with E-state index in [2.05, 4.69) is 27.5 Å². The number of rotatable bonds is 5. The Balaban J connectivity index is 1.44. The molecular weight excluding hydrogens is 596 g/mol. The topological polar surface area (TPSA) is 79.5 Å². The number of likely N-dealkylation sites (tertiary alicyclic amines) is 1. The highest BCUT2D eigenvalue weighted by Crippen LogP contribution is 2.47. The second kappa shape index (κ2) is 11.2. The summed E-state index contributed by atoms with van der Waals surface area (Å²) in [5, 5.41) is 5.66. The first-order valence-corrected chi connectivity index (χ1v) is 16.4. The van der Waals surface area contributed by atoms with Crippen molar-refractivity contribution in [3.05, 3.63) is 58.9 Å². The number of carbonyl (C=O) groups excluding carboxylic acids is 1. The Kier molecular flexibility index (Phi) is 7.47. The molecule has 5 heterocycles. The minimum absolute atomic E-state index is 0.113. The van der Waals surface area contributed by atoms with Crippen molar-refractivity contribution in [2.45, 2.75) is 56.4 Å². The molecule has 0 saturated carbocycles. The SMILES string of the molecule is C=CC(=O)N1[C@H](C)CN(c2nc(=O)n3c4c(c(-c5ccc(F)c6cnn(C)c56)c(C)cc24)SCC3CN2CCC(F)C2)C[C@@H]1C. The summed E-state index contributed by atoms with van der Waals surface area (Å²) in [5.74, 6) is 0.776. The van der Waals surface area contributed by atoms with Crippen LogP contribution in [0.3, 0.4) is 0 Å². The average molecular weight is 634 g/mol. The molecule has 2 unspecified atom stereocenters. The number of carbonyl (C=O) groups is 1. The van der Waals surface area contributed by atoms with Gasteiger partial charge in [0.2, 0.25) is 5.91 Å². The third-order valence-corrected chi connectivity index (χ3v) is 10.8. The number of thioether (sulfide) groups is 1. The standard InChI is InChI=1S/C33H37F2N7O2S/c1-6-27(43)41-19(3)13-40(14-20(41)4)32-24-11-18(2)28(23-7-8-26(35)25-12-36-38(5)29(23)25)31-30(24)42(33(44)37-32)22(17-45-31)16-39-10-9-21(34)15-39/h6-8,11-12,19-22H,1,9-10,13-17H2,2-5H3/t19-,20+,21?,22?. The van der Waals surface area contributed by atoms with Crippen molar-refractivity contribution >= 4 is 45.3 Å². The van der Waals surface area contributed by atoms with E-state index in [-0.39, 0.29) is 35.5 Å². The van der Waals surface area contributed by atoms with Gasteiger partial charge in [-0.2, -0.15) is 10.1 Å². The van der Waals surface area contributed by atoms with Gasteiger partial charge in [0.25, 0.3) is 0 Å². The predicted molar refractivity (Wildman–Crippen MR) is 174 cm³/mol. The lowest BCUT2D eigenvalue weighted by molar-refractivity contribution is -0.130. The van der Waals surface area contributed by atoms with Crippen molar-refractivity contribution in [3.63, 3.8) is 0 Å². The van der Waals surface area contributed by atoms with Crippen molar-refractivity contribution in [3.8, 4) is 11.1 Å². The van der Waals surface area contributed by atoms with E-state index in [1.807, 2.05) is 37.3 Å². The molecule has 4 atom stereocenters. The third-order valence-electron chi connectivity index (χ3n) is 9.58. The molecule has 7 rings (SSSR count). The van der Waals surface area contributed by atoms with Gasteiger partial charge in [-0.05, 0) is 57.0 Å². The number of piperazine rings is 1. The first-order valence-electron chi connectivity index (χ1n) is 15.5. The zero-order valence-electron chi connectivity index (χ0n) is 26.0. The smallest absolute Gasteiger partial charge is 0.350 e. The van der Waals surface area contributed by atoms with E-state index >= 15 is 0 Å². The fraction of sp³-hybridized carbons (Fsp3) is 0.455. The molecule has 12 heteroatoms. The number of fused-ring (bicyclic) bond motifs is 1. The zero-order chi connectivity index (χ0) is 31.7. The summed E-state index contributed by atoms with van der Waals surface area (Å²) in [6, 6.07) is 4.94. The Hall–Kier alpha value is -3.77. The molecule has 3 aliphatic heterocycles. The lowest BCUT2D eigenvalue weighted by Crippen LogP contribution is -2.58. The first kappa shape index (κ1) is 29.9. The van der Waals surface area contributed by atoms with E-state index < -0.39 is 6.17 Å². The number of anilines is 1. The summed E-state index contributed by atoms with van der Waals surface area (Å²) in [6.45, 7) is 12.3. The van der Waals surface area contributed by atoms with Gasteiger partial charge in [0.1, 0.15) is 17.8 Å². The molecule has 0 aliphatic carbocycles. The van der Waals surface area contributed by atoms with E-state index in [1.165, 1.54) is 12.1 Å². The van der Waals surface area contributed by atoms with Gasteiger partial charge in [0, 0.05) is 79.0 Å². The highest BCUT2D eigenvalue weighted by Gasteiger charge is 2.36. The number of amides is 1. The van der Waals surface area contributed by atoms with E-state index in [9.17, 15) is 18.4 Å². The number of nitrogens with zero attached hydrogens (tertiary/aromatic N) is 7. The average Bonchev–Trinajstić information content (AvgIpc) is 3.60. The number of benzene rings is 2. The molecule has 3 aliphatic rings. The van der Waals surface area contributed by atoms with Crippen molar-refractivity contribution in [2.75, 3.05) is 43.4 Å². The normalized spacial score (nSPS) is 23.8. The maximum absolute atomic E-state index is 14.9. The van der Waals surface area contributed by atoms with Gasteiger partial charge in [-0.15, -0.1) is 11.8 Å². The Morgan fingerprint density at radius 2 is 1.91 bits per heavy atom. The van der Waals surface area contributed by atoms with Crippen molar-refractivity contribution in [1.82, 2.24) is 29.1 Å². The molecule has 0 radical (unpaired) electrons. The predicted octanol–water partition coefficient (Wildman–Crippen LogP) is 4.70. The number of aryl methyl sites for hydroxylation is 2. The van der Waals surface area contributed by atoms with Crippen molar-refractivity contribution < 1.29 is 13.6 Å². The molecule has 2 aromatic carbocycles. The zero-order valence-corrected chi connectivity index (χ0v) is 26.8. The molecule has 2 saturated heterocycles. The van der Waals surface area contributed by atoms with Gasteiger partial charge in [-0.1, -0.05) is 6.58 Å². The van der Waals surface area contributed by atoms with Crippen LogP contribution in [0.4, 0.5) is 14.6 Å². The summed E-state index contributed by atoms with van der Waals surface area (Å²) in [6.07, 6.45) is 2.54. The van der Waals surface area contributed by atoms with Gasteiger partial charge in [-0.3, -0.25) is 18.9 Å². The Morgan fingerprint density at radius 3 is 2.60 bits per heavy atom. The Morgan fingerprint density at radius 1 is 1.16 bits per heavy atom. The first-order chi connectivity index (χ1) is 21.6. The second-order valence-electron chi connectivity index (χ2n) is 12.7. The van der Waals surface area contributed by atoms with Gasteiger partial charge < -0.3 is 9.80 Å². The van der Waals surface area contributed by atoms with E-state index in [0.717, 1.165) is 32.5 Å². The molecule has 45 heavy (non-hydrogen) atoms. The fourth-order valence-corrected chi connectivity index (χ4v) is 9.05. The fourth-order valence-electron chi connectivity index (χ4n) is 7.67. The molecule has 236 valence electrons. The highest BCUT2D eigenvalue weighted by molar-refractivity contribution is 7.99. The molecule has 0 N–H and O–H groups in total. The molecular formula is C33H37F2N7O2S. The summed E-state index contributed by atoms with van der Waals surface area (Å²) in [5.41, 5.74) is 3.92. The number of hydrogen-bond acceptors (Lipinski definition) is 7. The highest BCUT2D eigenvalue weighted by atomic mass is 32.2. The van der Waals surface area contributed by atoms with Crippen LogP contribution in [-0.2, 0) is 11.8 Å². The van der Waals surface area contributed by atoms with Crippen LogP contribution in [0.1, 0.15) is 31.9 Å². The Labute approximate surface area is 264 Å². The molecule has 4 aromatic rings. The molecule has 9 nitrogen and oxygen atoms in total. The van der Waals surface area contributed by atoms with E-state index in [0.29, 0.717) is 61.6 Å². The molecule has 0 spiro atoms. The van der Waals surface area contributed by atoms with E-state index in [1.54, 1.807) is 28.7 Å². The number of hydrogen-bond donors (Lipinski definition) is 0. The summed E-state index contributed by atoms with van der Waals surface area (Å²) in [7, 11) is 1.81. The van der Waals surface area contributed by atoms with Gasteiger partial charge >= 0.3 is 5.69 Å². The van der Waals surface area contributed by atoms with Crippen molar-refractivity contribution in [1.29, 1.82) is 0 Å². The van der Waals surface area contributed by atoms with Crippen LogP contribution in [0, 0.1) is 12.7 Å². The van der Waals surface area contributed by atoms with Crippen LogP contribution in [0.15, 0.2) is 46.7 Å². The number of aromatic nitrogens is 4. The summed E-state index contributed by atoms with van der Waals surface area (Å²) < 4.78 is 32.5. The third kappa shape index (κ3) is 4.84. The molecule has 2 aromatic heterocycles. The second-order valence-corrected chi connectivity index (χ2v) is 13.7. The maximum Gasteiger partial charge on any atom is 0.350 e. The monoisotopic (exact) mass is 633 g/mol. The van der Waals surface area contributed by atoms with Gasteiger partial charge in [0.15, 0.2) is 0 Å². The summed E-state index contributed by atoms with van der Waals surface area (Å²) >= 11 is 1.69. The quantitative estimate of drug-likeness (QED) is 0.295. The van der Waals surface area contributed by atoms with Gasteiger partial charge in [0.05, 0.1) is 28.7 Å². The van der Waals surface area contributed by atoms with Crippen LogP contribution < -0.4 is 10.6 Å². The Bertz CT molecular complexity index is 1910. The van der Waals surface area contributed by atoms with Crippen LogP contribution in [0.5, 0.6) is 0 Å².